The van der Waals surface area contributed by atoms with Crippen molar-refractivity contribution in [1.82, 2.24) is 14.8 Å². The highest BCUT2D eigenvalue weighted by Gasteiger charge is 2.42. The van der Waals surface area contributed by atoms with Gasteiger partial charge in [0.1, 0.15) is 0 Å². The van der Waals surface area contributed by atoms with Gasteiger partial charge in [-0.15, -0.1) is 11.3 Å². The highest BCUT2D eigenvalue weighted by Crippen LogP contribution is 2.30. The molecule has 108 valence electrons. The van der Waals surface area contributed by atoms with Crippen molar-refractivity contribution in [2.75, 3.05) is 20.2 Å². The Morgan fingerprint density at radius 3 is 3.05 bits per heavy atom. The standard InChI is InChI=1S/C13H17N3O3S/c1-19-13(18)15-4-9-2-3-11(6-15)16(12(9)17)5-10-7-20-8-14-10/h7-9,11H,2-6H2,1H3/t9-,11+/m0/s1. The van der Waals surface area contributed by atoms with Crippen LogP contribution in [0.5, 0.6) is 0 Å². The molecule has 6 nitrogen and oxygen atoms in total. The van der Waals surface area contributed by atoms with E-state index < -0.39 is 0 Å². The summed E-state index contributed by atoms with van der Waals surface area (Å²) in [5.41, 5.74) is 2.69. The number of rotatable bonds is 2. The van der Waals surface area contributed by atoms with Gasteiger partial charge in [0.15, 0.2) is 0 Å². The lowest BCUT2D eigenvalue weighted by Gasteiger charge is -2.35. The number of hydrogen-bond donors (Lipinski definition) is 0. The van der Waals surface area contributed by atoms with Gasteiger partial charge in [-0.2, -0.15) is 0 Å². The van der Waals surface area contributed by atoms with Crippen LogP contribution in [-0.2, 0) is 16.1 Å². The number of aromatic nitrogens is 1. The highest BCUT2D eigenvalue weighted by molar-refractivity contribution is 7.07. The van der Waals surface area contributed by atoms with Crippen LogP contribution in [-0.4, -0.2) is 53.0 Å². The topological polar surface area (TPSA) is 62.7 Å². The van der Waals surface area contributed by atoms with Gasteiger partial charge < -0.3 is 14.5 Å². The van der Waals surface area contributed by atoms with E-state index in [1.807, 2.05) is 10.3 Å². The molecule has 0 spiro atoms. The molecule has 2 amide bonds. The minimum atomic E-state index is -0.342. The number of carbonyl (C=O) groups is 2. The lowest BCUT2D eigenvalue weighted by Crippen LogP contribution is -2.47. The Balaban J connectivity index is 1.79. The average Bonchev–Trinajstić information content (AvgIpc) is 2.82. The fourth-order valence-corrected chi connectivity index (χ4v) is 3.57. The number of carbonyl (C=O) groups excluding carboxylic acids is 2. The minimum absolute atomic E-state index is 0.0713. The van der Waals surface area contributed by atoms with E-state index in [0.717, 1.165) is 18.5 Å². The van der Waals surface area contributed by atoms with Crippen LogP contribution >= 0.6 is 11.3 Å². The van der Waals surface area contributed by atoms with Crippen molar-refractivity contribution in [3.63, 3.8) is 0 Å². The second-order valence-corrected chi connectivity index (χ2v) is 5.97. The van der Waals surface area contributed by atoms with Crippen molar-refractivity contribution in [3.8, 4) is 0 Å². The maximum Gasteiger partial charge on any atom is 0.409 e. The first-order chi connectivity index (χ1) is 9.69. The Hall–Kier alpha value is -1.63. The Labute approximate surface area is 121 Å². The fraction of sp³-hybridized carbons (Fsp3) is 0.615. The molecule has 0 N–H and O–H groups in total. The molecule has 4 heterocycles. The van der Waals surface area contributed by atoms with Crippen LogP contribution < -0.4 is 0 Å². The summed E-state index contributed by atoms with van der Waals surface area (Å²) in [6.45, 7) is 1.56. The molecule has 1 aromatic heterocycles. The molecule has 0 saturated carbocycles. The van der Waals surface area contributed by atoms with Crippen LogP contribution in [0.15, 0.2) is 10.9 Å². The van der Waals surface area contributed by atoms with Crippen LogP contribution in [0.1, 0.15) is 18.5 Å². The molecule has 3 fully saturated rings. The highest BCUT2D eigenvalue weighted by atomic mass is 32.1. The molecule has 0 aliphatic carbocycles. The molecule has 0 radical (unpaired) electrons. The molecular formula is C13H17N3O3S. The summed E-state index contributed by atoms with van der Waals surface area (Å²) in [5, 5.41) is 1.96. The van der Waals surface area contributed by atoms with Gasteiger partial charge in [-0.1, -0.05) is 0 Å². The quantitative estimate of drug-likeness (QED) is 0.826. The van der Waals surface area contributed by atoms with E-state index in [1.54, 1.807) is 10.4 Å². The molecule has 3 aliphatic rings. The fourth-order valence-electron chi connectivity index (χ4n) is 3.02. The van der Waals surface area contributed by atoms with Crippen molar-refractivity contribution in [1.29, 1.82) is 0 Å². The van der Waals surface area contributed by atoms with Crippen LogP contribution in [0.25, 0.3) is 0 Å². The molecule has 0 aromatic carbocycles. The van der Waals surface area contributed by atoms with Crippen molar-refractivity contribution >= 4 is 23.3 Å². The van der Waals surface area contributed by atoms with E-state index in [1.165, 1.54) is 18.4 Å². The number of hydrogen-bond acceptors (Lipinski definition) is 5. The van der Waals surface area contributed by atoms with E-state index in [9.17, 15) is 9.59 Å². The molecule has 1 aromatic rings. The Kier molecular flexibility index (Phi) is 3.60. The number of thiazole rings is 1. The van der Waals surface area contributed by atoms with Crippen molar-refractivity contribution < 1.29 is 14.3 Å². The lowest BCUT2D eigenvalue weighted by atomic mass is 9.94. The van der Waals surface area contributed by atoms with Crippen LogP contribution in [0, 0.1) is 5.92 Å². The normalized spacial score (nSPS) is 25.8. The molecule has 20 heavy (non-hydrogen) atoms. The number of methoxy groups -OCH3 is 1. The van der Waals surface area contributed by atoms with E-state index in [2.05, 4.69) is 4.98 Å². The van der Waals surface area contributed by atoms with E-state index in [4.69, 9.17) is 4.74 Å². The van der Waals surface area contributed by atoms with E-state index >= 15 is 0 Å². The maximum absolute atomic E-state index is 12.5. The van der Waals surface area contributed by atoms with Gasteiger partial charge in [-0.3, -0.25) is 4.79 Å². The van der Waals surface area contributed by atoms with Crippen molar-refractivity contribution in [3.05, 3.63) is 16.6 Å². The van der Waals surface area contributed by atoms with Gasteiger partial charge in [0.2, 0.25) is 5.91 Å². The Morgan fingerprint density at radius 1 is 1.50 bits per heavy atom. The van der Waals surface area contributed by atoms with E-state index in [-0.39, 0.29) is 24.0 Å². The molecule has 0 unspecified atom stereocenters. The Bertz CT molecular complexity index is 505. The molecule has 2 atom stereocenters. The van der Waals surface area contributed by atoms with Crippen molar-refractivity contribution in [2.24, 2.45) is 5.92 Å². The third kappa shape index (κ3) is 2.37. The van der Waals surface area contributed by atoms with Crippen LogP contribution in [0.4, 0.5) is 4.79 Å². The lowest BCUT2D eigenvalue weighted by molar-refractivity contribution is -0.140. The predicted octanol–water partition coefficient (Wildman–Crippen LogP) is 1.33. The monoisotopic (exact) mass is 295 g/mol. The summed E-state index contributed by atoms with van der Waals surface area (Å²) in [6.07, 6.45) is 1.45. The summed E-state index contributed by atoms with van der Waals surface area (Å²) < 4.78 is 4.79. The number of fused-ring (bicyclic) bond motifs is 4. The first-order valence-electron chi connectivity index (χ1n) is 6.69. The predicted molar refractivity (Wildman–Crippen MR) is 73.2 cm³/mol. The molecule has 2 bridgehead atoms. The zero-order chi connectivity index (χ0) is 14.1. The second kappa shape index (κ2) is 5.40. The van der Waals surface area contributed by atoms with E-state index in [0.29, 0.717) is 19.6 Å². The van der Waals surface area contributed by atoms with Gasteiger partial charge >= 0.3 is 6.09 Å². The maximum atomic E-state index is 12.5. The summed E-state index contributed by atoms with van der Waals surface area (Å²) in [4.78, 5) is 32.0. The first-order valence-corrected chi connectivity index (χ1v) is 7.63. The SMILES string of the molecule is COC(=O)N1C[C@@H]2CC[C@H](C1)N(Cc1cscn1)C2=O. The number of nitrogens with zero attached hydrogens (tertiary/aromatic N) is 3. The third-order valence-corrected chi connectivity index (χ3v) is 4.68. The smallest absolute Gasteiger partial charge is 0.409 e. The minimum Gasteiger partial charge on any atom is -0.453 e. The van der Waals surface area contributed by atoms with Gasteiger partial charge in [-0.25, -0.2) is 9.78 Å². The van der Waals surface area contributed by atoms with Gasteiger partial charge in [-0.05, 0) is 12.8 Å². The summed E-state index contributed by atoms with van der Waals surface area (Å²) in [5.74, 6) is 0.0344. The number of ether oxygens (including phenoxy) is 1. The van der Waals surface area contributed by atoms with Crippen molar-refractivity contribution in [2.45, 2.75) is 25.4 Å². The summed E-state index contributed by atoms with van der Waals surface area (Å²) >= 11 is 1.53. The Morgan fingerprint density at radius 2 is 2.35 bits per heavy atom. The molecular weight excluding hydrogens is 278 g/mol. The molecule has 7 heteroatoms. The van der Waals surface area contributed by atoms with Gasteiger partial charge in [0.25, 0.3) is 0 Å². The number of piperidine rings is 1. The summed E-state index contributed by atoms with van der Waals surface area (Å²) in [7, 11) is 1.38. The largest absolute Gasteiger partial charge is 0.453 e. The molecule has 3 aliphatic heterocycles. The molecule has 4 rings (SSSR count). The van der Waals surface area contributed by atoms with Crippen LogP contribution in [0.3, 0.4) is 0 Å². The zero-order valence-corrected chi connectivity index (χ0v) is 12.1. The average molecular weight is 295 g/mol. The third-order valence-electron chi connectivity index (χ3n) is 4.04. The summed E-state index contributed by atoms with van der Waals surface area (Å²) in [6, 6.07) is 0.0713. The van der Waals surface area contributed by atoms with Gasteiger partial charge in [0, 0.05) is 24.5 Å². The zero-order valence-electron chi connectivity index (χ0n) is 11.3. The van der Waals surface area contributed by atoms with Crippen LogP contribution in [0.2, 0.25) is 0 Å². The van der Waals surface area contributed by atoms with Gasteiger partial charge in [0.05, 0.1) is 30.8 Å². The molecule has 3 saturated heterocycles. The number of amides is 2. The first kappa shape index (κ1) is 13.4. The second-order valence-electron chi connectivity index (χ2n) is 5.25.